The average Bonchev–Trinajstić information content (AvgIpc) is 2.83. The van der Waals surface area contributed by atoms with Crippen molar-refractivity contribution in [1.29, 1.82) is 0 Å². The Morgan fingerprint density at radius 2 is 1.95 bits per heavy atom. The number of rotatable bonds is 6. The zero-order valence-electron chi connectivity index (χ0n) is 12.8. The van der Waals surface area contributed by atoms with E-state index in [2.05, 4.69) is 61.6 Å². The Morgan fingerprint density at radius 1 is 1.25 bits per heavy atom. The molecule has 2 rings (SSSR count). The molecule has 0 saturated carbocycles. The molecule has 0 fully saturated rings. The maximum Gasteiger partial charge on any atom is 0.150 e. The van der Waals surface area contributed by atoms with Crippen molar-refractivity contribution in [2.75, 3.05) is 0 Å². The van der Waals surface area contributed by atoms with E-state index >= 15 is 0 Å². The highest BCUT2D eigenvalue weighted by atomic mass is 16.5. The minimum Gasteiger partial charge on any atom is -0.360 e. The Bertz CT molecular complexity index is 531. The lowest BCUT2D eigenvalue weighted by atomic mass is 9.79. The third-order valence-corrected chi connectivity index (χ3v) is 3.67. The van der Waals surface area contributed by atoms with Crippen molar-refractivity contribution < 1.29 is 4.52 Å². The normalized spacial score (nSPS) is 13.4. The predicted octanol–water partition coefficient (Wildman–Crippen LogP) is 3.83. The fourth-order valence-electron chi connectivity index (χ4n) is 2.62. The highest BCUT2D eigenvalue weighted by Gasteiger charge is 2.23. The van der Waals surface area contributed by atoms with Crippen LogP contribution in [-0.4, -0.2) is 11.2 Å². The summed E-state index contributed by atoms with van der Waals surface area (Å²) >= 11 is 0. The standard InChI is InChI=1S/C17H24N2O/c1-13-10-16(20-19-13)12-18-14(2)11-17(3,4)15-8-6-5-7-9-15/h5-10,14,18H,11-12H2,1-4H3. The van der Waals surface area contributed by atoms with Crippen molar-refractivity contribution >= 4 is 0 Å². The minimum atomic E-state index is 0.158. The van der Waals surface area contributed by atoms with Gasteiger partial charge in [-0.2, -0.15) is 0 Å². The molecular formula is C17H24N2O. The van der Waals surface area contributed by atoms with Gasteiger partial charge in [-0.1, -0.05) is 49.3 Å². The predicted molar refractivity (Wildman–Crippen MR) is 81.6 cm³/mol. The highest BCUT2D eigenvalue weighted by Crippen LogP contribution is 2.28. The van der Waals surface area contributed by atoms with Crippen LogP contribution < -0.4 is 5.32 Å². The van der Waals surface area contributed by atoms with Gasteiger partial charge in [0.05, 0.1) is 12.2 Å². The summed E-state index contributed by atoms with van der Waals surface area (Å²) in [6, 6.07) is 13.1. The lowest BCUT2D eigenvalue weighted by Gasteiger charge is -2.29. The molecule has 0 amide bonds. The van der Waals surface area contributed by atoms with Crippen LogP contribution >= 0.6 is 0 Å². The molecule has 108 valence electrons. The first-order valence-electron chi connectivity index (χ1n) is 7.18. The first kappa shape index (κ1) is 14.8. The van der Waals surface area contributed by atoms with Gasteiger partial charge in [0.15, 0.2) is 5.76 Å². The van der Waals surface area contributed by atoms with Gasteiger partial charge in [0.2, 0.25) is 0 Å². The van der Waals surface area contributed by atoms with Gasteiger partial charge in [-0.05, 0) is 31.2 Å². The number of hydrogen-bond donors (Lipinski definition) is 1. The molecule has 0 aliphatic carbocycles. The number of nitrogens with one attached hydrogen (secondary N) is 1. The van der Waals surface area contributed by atoms with Crippen molar-refractivity contribution in [3.05, 3.63) is 53.4 Å². The topological polar surface area (TPSA) is 38.1 Å². The molecule has 1 heterocycles. The number of benzene rings is 1. The van der Waals surface area contributed by atoms with Crippen LogP contribution in [0.5, 0.6) is 0 Å². The molecule has 0 saturated heterocycles. The van der Waals surface area contributed by atoms with Gasteiger partial charge >= 0.3 is 0 Å². The zero-order chi connectivity index (χ0) is 14.6. The van der Waals surface area contributed by atoms with Crippen LogP contribution in [0, 0.1) is 6.92 Å². The first-order chi connectivity index (χ1) is 9.47. The second-order valence-corrected chi connectivity index (χ2v) is 6.17. The average molecular weight is 272 g/mol. The molecule has 0 radical (unpaired) electrons. The molecule has 0 aliphatic heterocycles. The van der Waals surface area contributed by atoms with E-state index in [1.165, 1.54) is 5.56 Å². The van der Waals surface area contributed by atoms with Gasteiger partial charge in [-0.25, -0.2) is 0 Å². The van der Waals surface area contributed by atoms with E-state index in [4.69, 9.17) is 4.52 Å². The second-order valence-electron chi connectivity index (χ2n) is 6.17. The smallest absolute Gasteiger partial charge is 0.150 e. The Labute approximate surface area is 121 Å². The molecule has 1 atom stereocenters. The summed E-state index contributed by atoms with van der Waals surface area (Å²) in [5.41, 5.74) is 2.47. The maximum absolute atomic E-state index is 5.22. The monoisotopic (exact) mass is 272 g/mol. The van der Waals surface area contributed by atoms with Crippen molar-refractivity contribution in [3.8, 4) is 0 Å². The quantitative estimate of drug-likeness (QED) is 0.868. The molecule has 1 aromatic heterocycles. The SMILES string of the molecule is Cc1cc(CNC(C)CC(C)(C)c2ccccc2)on1. The Hall–Kier alpha value is -1.61. The maximum atomic E-state index is 5.22. The van der Waals surface area contributed by atoms with Gasteiger partial charge in [-0.3, -0.25) is 0 Å². The van der Waals surface area contributed by atoms with E-state index in [1.54, 1.807) is 0 Å². The molecule has 0 aliphatic rings. The van der Waals surface area contributed by atoms with Gasteiger partial charge < -0.3 is 9.84 Å². The molecule has 3 heteroatoms. The molecule has 1 N–H and O–H groups in total. The third kappa shape index (κ3) is 3.94. The van der Waals surface area contributed by atoms with Crippen LogP contribution in [0.1, 0.15) is 44.2 Å². The molecule has 1 aromatic carbocycles. The van der Waals surface area contributed by atoms with Crippen molar-refractivity contribution in [2.24, 2.45) is 0 Å². The molecule has 3 nitrogen and oxygen atoms in total. The van der Waals surface area contributed by atoms with Crippen molar-refractivity contribution in [2.45, 2.75) is 52.1 Å². The Morgan fingerprint density at radius 3 is 2.55 bits per heavy atom. The summed E-state index contributed by atoms with van der Waals surface area (Å²) in [5, 5.41) is 7.41. The lowest BCUT2D eigenvalue weighted by molar-refractivity contribution is 0.341. The van der Waals surface area contributed by atoms with E-state index in [1.807, 2.05) is 13.0 Å². The highest BCUT2D eigenvalue weighted by molar-refractivity contribution is 5.23. The Balaban J connectivity index is 1.89. The molecule has 20 heavy (non-hydrogen) atoms. The van der Waals surface area contributed by atoms with Gasteiger partial charge in [-0.15, -0.1) is 0 Å². The van der Waals surface area contributed by atoms with Gasteiger partial charge in [0.25, 0.3) is 0 Å². The minimum absolute atomic E-state index is 0.158. The summed E-state index contributed by atoms with van der Waals surface area (Å²) in [4.78, 5) is 0. The van der Waals surface area contributed by atoms with E-state index in [0.29, 0.717) is 6.04 Å². The summed E-state index contributed by atoms with van der Waals surface area (Å²) < 4.78 is 5.22. The van der Waals surface area contributed by atoms with E-state index in [0.717, 1.165) is 24.4 Å². The van der Waals surface area contributed by atoms with E-state index in [-0.39, 0.29) is 5.41 Å². The van der Waals surface area contributed by atoms with Crippen LogP contribution in [-0.2, 0) is 12.0 Å². The fraction of sp³-hybridized carbons (Fsp3) is 0.471. The first-order valence-corrected chi connectivity index (χ1v) is 7.18. The van der Waals surface area contributed by atoms with Crippen LogP contribution in [0.4, 0.5) is 0 Å². The van der Waals surface area contributed by atoms with E-state index < -0.39 is 0 Å². The number of aryl methyl sites for hydroxylation is 1. The number of nitrogens with zero attached hydrogens (tertiary/aromatic N) is 1. The third-order valence-electron chi connectivity index (χ3n) is 3.67. The zero-order valence-corrected chi connectivity index (χ0v) is 12.8. The molecule has 1 unspecified atom stereocenters. The summed E-state index contributed by atoms with van der Waals surface area (Å²) in [7, 11) is 0. The van der Waals surface area contributed by atoms with E-state index in [9.17, 15) is 0 Å². The van der Waals surface area contributed by atoms with Gasteiger partial charge in [0, 0.05) is 12.1 Å². The molecule has 0 spiro atoms. The molecule has 0 bridgehead atoms. The fourth-order valence-corrected chi connectivity index (χ4v) is 2.62. The summed E-state index contributed by atoms with van der Waals surface area (Å²) in [6.07, 6.45) is 1.07. The molecular weight excluding hydrogens is 248 g/mol. The summed E-state index contributed by atoms with van der Waals surface area (Å²) in [5.74, 6) is 0.895. The lowest BCUT2D eigenvalue weighted by Crippen LogP contribution is -2.32. The van der Waals surface area contributed by atoms with Gasteiger partial charge in [0.1, 0.15) is 0 Å². The number of hydrogen-bond acceptors (Lipinski definition) is 3. The van der Waals surface area contributed by atoms with Crippen LogP contribution in [0.25, 0.3) is 0 Å². The van der Waals surface area contributed by atoms with Crippen LogP contribution in [0.3, 0.4) is 0 Å². The summed E-state index contributed by atoms with van der Waals surface area (Å²) in [6.45, 7) is 9.47. The largest absolute Gasteiger partial charge is 0.360 e. The second kappa shape index (κ2) is 6.23. The van der Waals surface area contributed by atoms with Crippen molar-refractivity contribution in [3.63, 3.8) is 0 Å². The molecule has 2 aromatic rings. The van der Waals surface area contributed by atoms with Crippen LogP contribution in [0.2, 0.25) is 0 Å². The Kier molecular flexibility index (Phi) is 4.61. The number of aromatic nitrogens is 1. The van der Waals surface area contributed by atoms with Crippen LogP contribution in [0.15, 0.2) is 40.9 Å². The van der Waals surface area contributed by atoms with Crippen molar-refractivity contribution in [1.82, 2.24) is 10.5 Å².